The summed E-state index contributed by atoms with van der Waals surface area (Å²) in [4.78, 5) is 40.7. The zero-order valence-corrected chi connectivity index (χ0v) is 44.9. The van der Waals surface area contributed by atoms with Crippen LogP contribution in [0.4, 0.5) is 0 Å². The highest BCUT2D eigenvalue weighted by Gasteiger charge is 1.98. The van der Waals surface area contributed by atoms with Crippen LogP contribution < -0.4 is 0 Å². The fourth-order valence-electron chi connectivity index (χ4n) is 7.29. The zero-order chi connectivity index (χ0) is 51.1. The number of hydrogen-bond donors (Lipinski definition) is 4. The second kappa shape index (κ2) is 67.8. The summed E-state index contributed by atoms with van der Waals surface area (Å²) in [5.74, 6) is -2.91. The first-order valence-electron chi connectivity index (χ1n) is 28.2. The lowest BCUT2D eigenvalue weighted by Gasteiger charge is -1.99. The molecule has 0 unspecified atom stereocenters. The van der Waals surface area contributed by atoms with E-state index in [1.165, 1.54) is 218 Å². The van der Waals surface area contributed by atoms with Gasteiger partial charge in [0.25, 0.3) is 0 Å². The molecule has 0 fully saturated rings. The summed E-state index contributed by atoms with van der Waals surface area (Å²) >= 11 is 0. The molecule has 4 N–H and O–H groups in total. The van der Waals surface area contributed by atoms with Crippen LogP contribution in [0.3, 0.4) is 0 Å². The molecule has 0 aromatic rings. The highest BCUT2D eigenvalue weighted by molar-refractivity contribution is 5.80. The van der Waals surface area contributed by atoms with Gasteiger partial charge in [0.1, 0.15) is 0 Å². The van der Waals surface area contributed by atoms with Gasteiger partial charge in [0.15, 0.2) is 0 Å². The van der Waals surface area contributed by atoms with E-state index in [4.69, 9.17) is 20.4 Å². The number of carboxylic acids is 4. The number of carbonyl (C=O) groups is 4. The topological polar surface area (TPSA) is 149 Å². The smallest absolute Gasteiger partial charge is 0.328 e. The fraction of sp³-hybridized carbons (Fsp3) is 0.767. The SMILES string of the molecule is C/C=C/C=C/C(=O)O.CCCCCCCC/C=C\CCCCCCCC(=O)O.CCCCCCCC/C=C\CCCCCCCC(=O)O.CCCCCCCC/C=C\CCCCCCCC(=O)O. The molecule has 8 heteroatoms. The molecule has 0 aliphatic heterocycles. The summed E-state index contributed by atoms with van der Waals surface area (Å²) in [6.45, 7) is 8.60. The van der Waals surface area contributed by atoms with Crippen LogP contribution >= 0.6 is 0 Å². The Bertz CT molecular complexity index is 1070. The van der Waals surface area contributed by atoms with Crippen molar-refractivity contribution in [3.8, 4) is 0 Å². The van der Waals surface area contributed by atoms with E-state index in [1.807, 2.05) is 6.92 Å². The van der Waals surface area contributed by atoms with Gasteiger partial charge in [-0.1, -0.05) is 230 Å². The Morgan fingerprint density at radius 2 is 0.500 bits per heavy atom. The van der Waals surface area contributed by atoms with Gasteiger partial charge < -0.3 is 20.4 Å². The van der Waals surface area contributed by atoms with Crippen molar-refractivity contribution in [3.63, 3.8) is 0 Å². The first kappa shape index (κ1) is 71.1. The second-order valence-electron chi connectivity index (χ2n) is 18.4. The monoisotopic (exact) mass is 959 g/mol. The number of hydrogen-bond acceptors (Lipinski definition) is 4. The predicted molar refractivity (Wildman–Crippen MR) is 293 cm³/mol. The molecule has 0 rings (SSSR count). The molecule has 0 aromatic heterocycles. The van der Waals surface area contributed by atoms with Crippen molar-refractivity contribution in [1.29, 1.82) is 0 Å². The van der Waals surface area contributed by atoms with Gasteiger partial charge in [0, 0.05) is 25.3 Å². The molecule has 8 nitrogen and oxygen atoms in total. The van der Waals surface area contributed by atoms with Crippen LogP contribution in [0, 0.1) is 0 Å². The van der Waals surface area contributed by atoms with E-state index in [2.05, 4.69) is 57.2 Å². The van der Waals surface area contributed by atoms with Crippen molar-refractivity contribution in [3.05, 3.63) is 60.8 Å². The molecule has 0 aromatic carbocycles. The molecule has 0 bridgehead atoms. The van der Waals surface area contributed by atoms with Crippen LogP contribution in [-0.4, -0.2) is 44.3 Å². The molecule has 0 aliphatic rings. The zero-order valence-electron chi connectivity index (χ0n) is 44.9. The van der Waals surface area contributed by atoms with Gasteiger partial charge in [-0.15, -0.1) is 0 Å². The second-order valence-corrected chi connectivity index (χ2v) is 18.4. The lowest BCUT2D eigenvalue weighted by molar-refractivity contribution is -0.138. The highest BCUT2D eigenvalue weighted by atomic mass is 16.4. The van der Waals surface area contributed by atoms with Crippen molar-refractivity contribution >= 4 is 23.9 Å². The molecule has 0 saturated heterocycles. The standard InChI is InChI=1S/3C18H34O2.C6H8O2/c3*1-2-3-4-5-6-7-8-9-10-11-12-13-14-15-16-17-18(19)20;1-2-3-4-5-6(7)8/h3*9-10H,2-8,11-17H2,1H3,(H,19,20);2-5H,1H3,(H,7,8)/b3*10-9-;3-2+,5-4+. The van der Waals surface area contributed by atoms with Crippen LogP contribution in [0.15, 0.2) is 60.8 Å². The summed E-state index contributed by atoms with van der Waals surface area (Å²) in [5.41, 5.74) is 0. The Kier molecular flexibility index (Phi) is 71.0. The predicted octanol–water partition coefficient (Wildman–Crippen LogP) is 19.5. The summed E-state index contributed by atoms with van der Waals surface area (Å²) in [6, 6.07) is 0. The van der Waals surface area contributed by atoms with Crippen molar-refractivity contribution in [2.45, 2.75) is 297 Å². The average molecular weight is 960 g/mol. The number of unbranched alkanes of at least 4 members (excludes halogenated alkanes) is 33. The van der Waals surface area contributed by atoms with E-state index in [-0.39, 0.29) is 0 Å². The van der Waals surface area contributed by atoms with Gasteiger partial charge in [-0.3, -0.25) is 14.4 Å². The maximum atomic E-state index is 10.3. The Hall–Kier alpha value is -3.42. The number of allylic oxidation sites excluding steroid dienone is 9. The third kappa shape index (κ3) is 85.8. The van der Waals surface area contributed by atoms with Gasteiger partial charge in [-0.05, 0) is 103 Å². The molecule has 0 spiro atoms. The quantitative estimate of drug-likeness (QED) is 0.0204. The molecule has 0 heterocycles. The largest absolute Gasteiger partial charge is 0.481 e. The molecule has 0 amide bonds. The molecule has 68 heavy (non-hydrogen) atoms. The molecular formula is C60H110O8. The minimum absolute atomic E-state index is 0.332. The summed E-state index contributed by atoms with van der Waals surface area (Å²) in [5, 5.41) is 33.5. The van der Waals surface area contributed by atoms with Crippen LogP contribution in [0.5, 0.6) is 0 Å². The van der Waals surface area contributed by atoms with E-state index in [0.717, 1.165) is 44.6 Å². The van der Waals surface area contributed by atoms with Crippen molar-refractivity contribution < 1.29 is 39.6 Å². The van der Waals surface area contributed by atoms with Crippen LogP contribution in [0.1, 0.15) is 297 Å². The Morgan fingerprint density at radius 3 is 0.691 bits per heavy atom. The minimum atomic E-state index is -0.914. The summed E-state index contributed by atoms with van der Waals surface area (Å²) in [6.07, 6.45) is 69.7. The first-order valence-corrected chi connectivity index (χ1v) is 28.2. The summed E-state index contributed by atoms with van der Waals surface area (Å²) < 4.78 is 0. The lowest BCUT2D eigenvalue weighted by Crippen LogP contribution is -1.93. The maximum absolute atomic E-state index is 10.3. The molecular weight excluding hydrogens is 849 g/mol. The van der Waals surface area contributed by atoms with E-state index >= 15 is 0 Å². The van der Waals surface area contributed by atoms with Crippen molar-refractivity contribution in [2.75, 3.05) is 0 Å². The molecule has 0 atom stereocenters. The Balaban J connectivity index is -0.000000417. The fourth-order valence-corrected chi connectivity index (χ4v) is 7.29. The Morgan fingerprint density at radius 1 is 0.294 bits per heavy atom. The van der Waals surface area contributed by atoms with E-state index in [9.17, 15) is 19.2 Å². The highest BCUT2D eigenvalue weighted by Crippen LogP contribution is 2.13. The molecule has 0 aliphatic carbocycles. The van der Waals surface area contributed by atoms with Gasteiger partial charge in [-0.25, -0.2) is 4.79 Å². The van der Waals surface area contributed by atoms with E-state index < -0.39 is 23.9 Å². The lowest BCUT2D eigenvalue weighted by atomic mass is 10.1. The molecule has 0 radical (unpaired) electrons. The van der Waals surface area contributed by atoms with Crippen molar-refractivity contribution in [1.82, 2.24) is 0 Å². The van der Waals surface area contributed by atoms with Gasteiger partial charge in [-0.2, -0.15) is 0 Å². The van der Waals surface area contributed by atoms with Crippen LogP contribution in [0.2, 0.25) is 0 Å². The third-order valence-corrected chi connectivity index (χ3v) is 11.5. The number of aliphatic carboxylic acids is 4. The van der Waals surface area contributed by atoms with E-state index in [0.29, 0.717) is 19.3 Å². The van der Waals surface area contributed by atoms with E-state index in [1.54, 1.807) is 12.2 Å². The molecule has 398 valence electrons. The van der Waals surface area contributed by atoms with Crippen LogP contribution in [-0.2, 0) is 19.2 Å². The normalized spacial score (nSPS) is 11.2. The van der Waals surface area contributed by atoms with Crippen molar-refractivity contribution in [2.24, 2.45) is 0 Å². The number of rotatable bonds is 47. The number of carboxylic acid groups (broad SMARTS) is 4. The minimum Gasteiger partial charge on any atom is -0.481 e. The maximum Gasteiger partial charge on any atom is 0.328 e. The van der Waals surface area contributed by atoms with Gasteiger partial charge in [0.2, 0.25) is 0 Å². The Labute approximate surface area is 420 Å². The van der Waals surface area contributed by atoms with Gasteiger partial charge in [0.05, 0.1) is 0 Å². The third-order valence-electron chi connectivity index (χ3n) is 11.5. The summed E-state index contributed by atoms with van der Waals surface area (Å²) in [7, 11) is 0. The first-order chi connectivity index (χ1) is 33.1. The molecule has 0 saturated carbocycles. The van der Waals surface area contributed by atoms with Gasteiger partial charge >= 0.3 is 23.9 Å². The average Bonchev–Trinajstić information content (AvgIpc) is 3.30. The van der Waals surface area contributed by atoms with Crippen LogP contribution in [0.25, 0.3) is 0 Å².